The molecule has 1 amide bonds. The summed E-state index contributed by atoms with van der Waals surface area (Å²) in [6.45, 7) is 0.563. The van der Waals surface area contributed by atoms with Crippen LogP contribution in [0, 0.1) is 10.1 Å². The van der Waals surface area contributed by atoms with Crippen molar-refractivity contribution in [2.24, 2.45) is 0 Å². The minimum absolute atomic E-state index is 0.0281. The molecule has 6 heteroatoms. The van der Waals surface area contributed by atoms with Crippen molar-refractivity contribution in [1.82, 2.24) is 5.32 Å². The van der Waals surface area contributed by atoms with Crippen molar-refractivity contribution in [3.05, 3.63) is 69.8 Å². The third kappa shape index (κ3) is 5.08. The zero-order chi connectivity index (χ0) is 17.5. The van der Waals surface area contributed by atoms with E-state index in [1.165, 1.54) is 12.1 Å². The lowest BCUT2D eigenvalue weighted by molar-refractivity contribution is -0.384. The molecule has 126 valence electrons. The van der Waals surface area contributed by atoms with E-state index in [9.17, 15) is 14.9 Å². The van der Waals surface area contributed by atoms with E-state index < -0.39 is 4.92 Å². The van der Waals surface area contributed by atoms with Crippen molar-refractivity contribution in [3.63, 3.8) is 0 Å². The molecular formula is C18H21N3O3. The number of anilines is 1. The van der Waals surface area contributed by atoms with Crippen molar-refractivity contribution in [3.8, 4) is 0 Å². The Kier molecular flexibility index (Phi) is 5.89. The van der Waals surface area contributed by atoms with Crippen molar-refractivity contribution in [2.45, 2.75) is 12.8 Å². The molecule has 2 aromatic rings. The second kappa shape index (κ2) is 8.10. The number of non-ortho nitro benzene ring substituents is 1. The predicted octanol–water partition coefficient (Wildman–Crippen LogP) is 2.56. The van der Waals surface area contributed by atoms with Gasteiger partial charge in [0.1, 0.15) is 0 Å². The number of benzene rings is 2. The van der Waals surface area contributed by atoms with Gasteiger partial charge in [-0.1, -0.05) is 24.3 Å². The highest BCUT2D eigenvalue weighted by Crippen LogP contribution is 2.13. The maximum atomic E-state index is 11.9. The normalized spacial score (nSPS) is 10.2. The summed E-state index contributed by atoms with van der Waals surface area (Å²) in [5, 5.41) is 13.5. The second-order valence-corrected chi connectivity index (χ2v) is 5.76. The maximum absolute atomic E-state index is 11.9. The molecule has 1 N–H and O–H groups in total. The number of nitrogens with one attached hydrogen (secondary N) is 1. The van der Waals surface area contributed by atoms with Crippen LogP contribution >= 0.6 is 0 Å². The number of hydrogen-bond donors (Lipinski definition) is 1. The Labute approximate surface area is 141 Å². The fraction of sp³-hybridized carbons (Fsp3) is 0.278. The Morgan fingerprint density at radius 2 is 1.62 bits per heavy atom. The second-order valence-electron chi connectivity index (χ2n) is 5.76. The van der Waals surface area contributed by atoms with Gasteiger partial charge >= 0.3 is 0 Å². The SMILES string of the molecule is CN(C)c1ccc(CCNC(=O)Cc2ccc([N+](=O)[O-])cc2)cc1. The Morgan fingerprint density at radius 3 is 2.17 bits per heavy atom. The number of rotatable bonds is 7. The van der Waals surface area contributed by atoms with E-state index in [0.717, 1.165) is 23.2 Å². The van der Waals surface area contributed by atoms with Crippen LogP contribution in [0.3, 0.4) is 0 Å². The van der Waals surface area contributed by atoms with Crippen LogP contribution in [0.25, 0.3) is 0 Å². The number of carbonyl (C=O) groups is 1. The van der Waals surface area contributed by atoms with Crippen LogP contribution in [0.1, 0.15) is 11.1 Å². The molecule has 0 spiro atoms. The first-order chi connectivity index (χ1) is 11.5. The first kappa shape index (κ1) is 17.5. The Balaban J connectivity index is 1.77. The average molecular weight is 327 g/mol. The molecule has 0 aliphatic rings. The van der Waals surface area contributed by atoms with Crippen molar-refractivity contribution < 1.29 is 9.72 Å². The quantitative estimate of drug-likeness (QED) is 0.626. The van der Waals surface area contributed by atoms with Crippen molar-refractivity contribution in [2.75, 3.05) is 25.5 Å². The molecule has 0 aromatic heterocycles. The number of nitrogens with zero attached hydrogens (tertiary/aromatic N) is 2. The highest BCUT2D eigenvalue weighted by Gasteiger charge is 2.07. The van der Waals surface area contributed by atoms with E-state index in [2.05, 4.69) is 17.4 Å². The van der Waals surface area contributed by atoms with E-state index in [0.29, 0.717) is 6.54 Å². The molecule has 0 radical (unpaired) electrons. The van der Waals surface area contributed by atoms with Crippen LogP contribution in [0.5, 0.6) is 0 Å². The number of nitro groups is 1. The molecule has 2 rings (SSSR count). The van der Waals surface area contributed by atoms with Crippen LogP contribution in [0.15, 0.2) is 48.5 Å². The molecule has 0 unspecified atom stereocenters. The van der Waals surface area contributed by atoms with Gasteiger partial charge in [-0.15, -0.1) is 0 Å². The van der Waals surface area contributed by atoms with Crippen molar-refractivity contribution in [1.29, 1.82) is 0 Å². The zero-order valence-corrected chi connectivity index (χ0v) is 13.9. The number of hydrogen-bond acceptors (Lipinski definition) is 4. The molecule has 0 bridgehead atoms. The third-order valence-electron chi connectivity index (χ3n) is 3.70. The standard InChI is InChI=1S/C18H21N3O3/c1-20(2)16-7-3-14(4-8-16)11-12-19-18(22)13-15-5-9-17(10-6-15)21(23)24/h3-10H,11-13H2,1-2H3,(H,19,22). The lowest BCUT2D eigenvalue weighted by atomic mass is 10.1. The summed E-state index contributed by atoms with van der Waals surface area (Å²) < 4.78 is 0. The highest BCUT2D eigenvalue weighted by atomic mass is 16.6. The molecule has 2 aromatic carbocycles. The molecule has 0 saturated heterocycles. The summed E-state index contributed by atoms with van der Waals surface area (Å²) in [5.41, 5.74) is 3.09. The fourth-order valence-electron chi connectivity index (χ4n) is 2.29. The Bertz CT molecular complexity index is 694. The van der Waals surface area contributed by atoms with E-state index in [4.69, 9.17) is 0 Å². The smallest absolute Gasteiger partial charge is 0.269 e. The predicted molar refractivity (Wildman–Crippen MR) is 94.3 cm³/mol. The molecule has 0 aliphatic heterocycles. The van der Waals surface area contributed by atoms with Gasteiger partial charge < -0.3 is 10.2 Å². The van der Waals surface area contributed by atoms with E-state index in [1.807, 2.05) is 31.1 Å². The van der Waals surface area contributed by atoms with Crippen molar-refractivity contribution >= 4 is 17.3 Å². The summed E-state index contributed by atoms with van der Waals surface area (Å²) >= 11 is 0. The monoisotopic (exact) mass is 327 g/mol. The maximum Gasteiger partial charge on any atom is 0.269 e. The minimum atomic E-state index is -0.453. The van der Waals surface area contributed by atoms with Gasteiger partial charge in [-0.25, -0.2) is 0 Å². The van der Waals surface area contributed by atoms with Crippen LogP contribution in [-0.4, -0.2) is 31.5 Å². The molecule has 0 heterocycles. The van der Waals surface area contributed by atoms with Gasteiger partial charge in [-0.3, -0.25) is 14.9 Å². The Morgan fingerprint density at radius 1 is 1.04 bits per heavy atom. The minimum Gasteiger partial charge on any atom is -0.378 e. The molecule has 0 fully saturated rings. The van der Waals surface area contributed by atoms with Gasteiger partial charge in [-0.2, -0.15) is 0 Å². The van der Waals surface area contributed by atoms with Gasteiger partial charge in [0.2, 0.25) is 5.91 Å². The van der Waals surface area contributed by atoms with Crippen LogP contribution in [0.4, 0.5) is 11.4 Å². The molecule has 0 aliphatic carbocycles. The molecule has 6 nitrogen and oxygen atoms in total. The van der Waals surface area contributed by atoms with Crippen LogP contribution in [-0.2, 0) is 17.6 Å². The van der Waals surface area contributed by atoms with Crippen LogP contribution in [0.2, 0.25) is 0 Å². The van der Waals surface area contributed by atoms with Gasteiger partial charge in [0.05, 0.1) is 11.3 Å². The summed E-state index contributed by atoms with van der Waals surface area (Å²) in [7, 11) is 3.99. The number of nitro benzene ring substituents is 1. The lowest BCUT2D eigenvalue weighted by Gasteiger charge is -2.12. The highest BCUT2D eigenvalue weighted by molar-refractivity contribution is 5.78. The van der Waals surface area contributed by atoms with Gasteiger partial charge in [-0.05, 0) is 29.7 Å². The largest absolute Gasteiger partial charge is 0.378 e. The summed E-state index contributed by atoms with van der Waals surface area (Å²) in [4.78, 5) is 24.1. The third-order valence-corrected chi connectivity index (χ3v) is 3.70. The number of amides is 1. The lowest BCUT2D eigenvalue weighted by Crippen LogP contribution is -2.27. The average Bonchev–Trinajstić information content (AvgIpc) is 2.55. The zero-order valence-electron chi connectivity index (χ0n) is 13.9. The summed E-state index contributed by atoms with van der Waals surface area (Å²) in [6.07, 6.45) is 0.983. The number of carbonyl (C=O) groups excluding carboxylic acids is 1. The summed E-state index contributed by atoms with van der Waals surface area (Å²) in [5.74, 6) is -0.0891. The van der Waals surface area contributed by atoms with Crippen LogP contribution < -0.4 is 10.2 Å². The molecule has 24 heavy (non-hydrogen) atoms. The topological polar surface area (TPSA) is 75.5 Å². The molecule has 0 saturated carbocycles. The molecular weight excluding hydrogens is 306 g/mol. The van der Waals surface area contributed by atoms with E-state index in [1.54, 1.807) is 12.1 Å². The van der Waals surface area contributed by atoms with Gasteiger partial charge in [0.15, 0.2) is 0 Å². The van der Waals surface area contributed by atoms with E-state index >= 15 is 0 Å². The molecule has 0 atom stereocenters. The first-order valence-electron chi connectivity index (χ1n) is 7.72. The van der Waals surface area contributed by atoms with Gasteiger partial charge in [0.25, 0.3) is 5.69 Å². The first-order valence-corrected chi connectivity index (χ1v) is 7.72. The summed E-state index contributed by atoms with van der Waals surface area (Å²) in [6, 6.07) is 14.2. The Hall–Kier alpha value is -2.89. The fourth-order valence-corrected chi connectivity index (χ4v) is 2.29. The van der Waals surface area contributed by atoms with Gasteiger partial charge in [0, 0.05) is 38.5 Å². The van der Waals surface area contributed by atoms with E-state index in [-0.39, 0.29) is 18.0 Å².